The zero-order valence-electron chi connectivity index (χ0n) is 22.1. The molecule has 0 saturated carbocycles. The lowest BCUT2D eigenvalue weighted by molar-refractivity contribution is -0.130. The number of likely N-dealkylation sites (N-methyl/N-ethyl adjacent to an activating group) is 1. The number of anilines is 1. The van der Waals surface area contributed by atoms with Gasteiger partial charge in [0.2, 0.25) is 5.91 Å². The van der Waals surface area contributed by atoms with Gasteiger partial charge >= 0.3 is 0 Å². The lowest BCUT2D eigenvalue weighted by Gasteiger charge is -2.40. The fourth-order valence-corrected chi connectivity index (χ4v) is 5.88. The molecule has 1 fully saturated rings. The standard InChI is InChI=1S/C25H33N9O2S/c1-15(2)21-22(17-9-18(36-6)24-27-14-28-34(24)12-17)29-30-23(21)25-26-10-20(37-25)33-8-7-32(11-16(33)3)13-19(35)31(4)5/h9-10,12,14-16H,7-8,11,13H2,1-6H3,(H,29,30). The molecule has 0 spiro atoms. The number of thiazole rings is 1. The van der Waals surface area contributed by atoms with Crippen molar-refractivity contribution in [3.8, 4) is 27.7 Å². The number of aromatic nitrogens is 6. The van der Waals surface area contributed by atoms with Crippen molar-refractivity contribution in [2.45, 2.75) is 32.7 Å². The van der Waals surface area contributed by atoms with Crippen LogP contribution in [0.15, 0.2) is 24.8 Å². The van der Waals surface area contributed by atoms with E-state index in [0.29, 0.717) is 17.9 Å². The van der Waals surface area contributed by atoms with Gasteiger partial charge < -0.3 is 14.5 Å². The Morgan fingerprint density at radius 3 is 2.81 bits per heavy atom. The van der Waals surface area contributed by atoms with Crippen molar-refractivity contribution in [2.24, 2.45) is 0 Å². The Morgan fingerprint density at radius 2 is 2.11 bits per heavy atom. The maximum Gasteiger partial charge on any atom is 0.236 e. The van der Waals surface area contributed by atoms with Gasteiger partial charge in [0.1, 0.15) is 16.3 Å². The Hall–Kier alpha value is -3.51. The van der Waals surface area contributed by atoms with Gasteiger partial charge in [-0.3, -0.25) is 14.8 Å². The van der Waals surface area contributed by atoms with Crippen LogP contribution in [0.5, 0.6) is 5.75 Å². The largest absolute Gasteiger partial charge is 0.493 e. The van der Waals surface area contributed by atoms with Crippen LogP contribution in [-0.2, 0) is 4.79 Å². The van der Waals surface area contributed by atoms with E-state index in [1.54, 1.807) is 42.0 Å². The Balaban J connectivity index is 1.41. The molecule has 0 aliphatic carbocycles. The van der Waals surface area contributed by atoms with E-state index in [4.69, 9.17) is 14.8 Å². The summed E-state index contributed by atoms with van der Waals surface area (Å²) < 4.78 is 7.27. The van der Waals surface area contributed by atoms with Gasteiger partial charge in [0, 0.05) is 57.1 Å². The zero-order chi connectivity index (χ0) is 26.3. The number of nitrogens with one attached hydrogen (secondary N) is 1. The molecule has 5 rings (SSSR count). The van der Waals surface area contributed by atoms with Crippen molar-refractivity contribution in [1.82, 2.24) is 39.6 Å². The molecule has 0 aromatic carbocycles. The van der Waals surface area contributed by atoms with Crippen molar-refractivity contribution in [3.05, 3.63) is 30.4 Å². The summed E-state index contributed by atoms with van der Waals surface area (Å²) in [6.45, 7) is 9.51. The molecule has 0 radical (unpaired) electrons. The summed E-state index contributed by atoms with van der Waals surface area (Å²) >= 11 is 1.67. The predicted octanol–water partition coefficient (Wildman–Crippen LogP) is 2.97. The number of hydrogen-bond acceptors (Lipinski definition) is 9. The SMILES string of the molecule is COc1cc(-c2n[nH]c(-c3ncc(N4CCN(CC(=O)N(C)C)CC4C)s3)c2C(C)C)cn2ncnc12. The quantitative estimate of drug-likeness (QED) is 0.394. The van der Waals surface area contributed by atoms with E-state index in [1.807, 2.05) is 18.5 Å². The highest BCUT2D eigenvalue weighted by Gasteiger charge is 2.28. The highest BCUT2D eigenvalue weighted by Crippen LogP contribution is 2.40. The number of methoxy groups -OCH3 is 1. The lowest BCUT2D eigenvalue weighted by atomic mass is 9.97. The number of H-pyrrole nitrogens is 1. The number of carbonyl (C=O) groups excluding carboxylic acids is 1. The molecule has 1 aliphatic rings. The van der Waals surface area contributed by atoms with Crippen molar-refractivity contribution in [2.75, 3.05) is 52.3 Å². The summed E-state index contributed by atoms with van der Waals surface area (Å²) in [6.07, 6.45) is 5.39. The number of pyridine rings is 1. The number of rotatable bonds is 7. The van der Waals surface area contributed by atoms with Gasteiger partial charge in [0.05, 0.1) is 31.2 Å². The molecular formula is C25H33N9O2S. The fourth-order valence-electron chi connectivity index (χ4n) is 4.82. The van der Waals surface area contributed by atoms with Crippen LogP contribution in [0.25, 0.3) is 27.6 Å². The van der Waals surface area contributed by atoms with Crippen LogP contribution < -0.4 is 9.64 Å². The highest BCUT2D eigenvalue weighted by atomic mass is 32.1. The normalized spacial score (nSPS) is 16.6. The third-order valence-corrected chi connectivity index (χ3v) is 7.83. The molecule has 4 aromatic heterocycles. The smallest absolute Gasteiger partial charge is 0.236 e. The first kappa shape index (κ1) is 25.2. The minimum absolute atomic E-state index is 0.137. The summed E-state index contributed by atoms with van der Waals surface area (Å²) in [6, 6.07) is 2.23. The maximum absolute atomic E-state index is 12.1. The minimum atomic E-state index is 0.137. The van der Waals surface area contributed by atoms with Gasteiger partial charge in [-0.15, -0.1) is 0 Å². The van der Waals surface area contributed by atoms with E-state index < -0.39 is 0 Å². The van der Waals surface area contributed by atoms with Crippen LogP contribution >= 0.6 is 11.3 Å². The first-order valence-corrected chi connectivity index (χ1v) is 13.2. The van der Waals surface area contributed by atoms with Crippen LogP contribution in [0.4, 0.5) is 5.00 Å². The summed E-state index contributed by atoms with van der Waals surface area (Å²) in [5, 5.41) is 14.3. The summed E-state index contributed by atoms with van der Waals surface area (Å²) in [4.78, 5) is 27.5. The molecule has 0 bridgehead atoms. The van der Waals surface area contributed by atoms with Crippen LogP contribution in [0.2, 0.25) is 0 Å². The summed E-state index contributed by atoms with van der Waals surface area (Å²) in [5.74, 6) is 0.994. The summed E-state index contributed by atoms with van der Waals surface area (Å²) in [5.41, 5.74) is 4.45. The van der Waals surface area contributed by atoms with Crippen LogP contribution in [0.1, 0.15) is 32.3 Å². The molecule has 5 heterocycles. The van der Waals surface area contributed by atoms with Crippen molar-refractivity contribution >= 4 is 27.9 Å². The molecule has 1 aliphatic heterocycles. The van der Waals surface area contributed by atoms with Crippen molar-refractivity contribution in [3.63, 3.8) is 0 Å². The Kier molecular flexibility index (Phi) is 6.86. The minimum Gasteiger partial charge on any atom is -0.493 e. The second-order valence-electron chi connectivity index (χ2n) is 9.91. The average molecular weight is 524 g/mol. The Labute approximate surface area is 220 Å². The number of ether oxygens (including phenoxy) is 1. The molecule has 1 N–H and O–H groups in total. The number of fused-ring (bicyclic) bond motifs is 1. The van der Waals surface area contributed by atoms with Crippen LogP contribution in [0.3, 0.4) is 0 Å². The topological polar surface area (TPSA) is 108 Å². The van der Waals surface area contributed by atoms with E-state index in [9.17, 15) is 4.79 Å². The zero-order valence-corrected chi connectivity index (χ0v) is 22.9. The van der Waals surface area contributed by atoms with E-state index in [1.165, 1.54) is 6.33 Å². The van der Waals surface area contributed by atoms with Crippen LogP contribution in [0, 0.1) is 0 Å². The van der Waals surface area contributed by atoms with E-state index in [2.05, 4.69) is 45.8 Å². The first-order valence-electron chi connectivity index (χ1n) is 12.4. The lowest BCUT2D eigenvalue weighted by Crippen LogP contribution is -2.53. The van der Waals surface area contributed by atoms with E-state index >= 15 is 0 Å². The molecule has 1 saturated heterocycles. The molecule has 37 heavy (non-hydrogen) atoms. The van der Waals surface area contributed by atoms with Gasteiger partial charge in [0.15, 0.2) is 11.4 Å². The number of amides is 1. The molecular weight excluding hydrogens is 490 g/mol. The monoisotopic (exact) mass is 523 g/mol. The Morgan fingerprint density at radius 1 is 1.30 bits per heavy atom. The van der Waals surface area contributed by atoms with Crippen LogP contribution in [-0.4, -0.2) is 98.9 Å². The number of piperazine rings is 1. The molecule has 12 heteroatoms. The maximum atomic E-state index is 12.1. The fraction of sp³-hybridized carbons (Fsp3) is 0.480. The van der Waals surface area contributed by atoms with E-state index in [-0.39, 0.29) is 17.9 Å². The number of hydrogen-bond donors (Lipinski definition) is 1. The molecule has 11 nitrogen and oxygen atoms in total. The van der Waals surface area contributed by atoms with Gasteiger partial charge in [-0.25, -0.2) is 14.5 Å². The first-order chi connectivity index (χ1) is 17.8. The third-order valence-electron chi connectivity index (χ3n) is 6.78. The number of nitrogens with zero attached hydrogens (tertiary/aromatic N) is 8. The van der Waals surface area contributed by atoms with Crippen molar-refractivity contribution in [1.29, 1.82) is 0 Å². The molecule has 1 atom stereocenters. The van der Waals surface area contributed by atoms with Crippen molar-refractivity contribution < 1.29 is 9.53 Å². The molecule has 1 unspecified atom stereocenters. The van der Waals surface area contributed by atoms with E-state index in [0.717, 1.165) is 52.2 Å². The second-order valence-corrected chi connectivity index (χ2v) is 10.9. The van der Waals surface area contributed by atoms with Gasteiger partial charge in [0.25, 0.3) is 0 Å². The third kappa shape index (κ3) is 4.78. The highest BCUT2D eigenvalue weighted by molar-refractivity contribution is 7.18. The molecule has 1 amide bonds. The summed E-state index contributed by atoms with van der Waals surface area (Å²) in [7, 11) is 5.23. The van der Waals surface area contributed by atoms with Gasteiger partial charge in [-0.1, -0.05) is 25.2 Å². The Bertz CT molecular complexity index is 1410. The number of aromatic amines is 1. The van der Waals surface area contributed by atoms with Gasteiger partial charge in [-0.2, -0.15) is 10.2 Å². The molecule has 196 valence electrons. The predicted molar refractivity (Wildman–Crippen MR) is 144 cm³/mol. The second kappa shape index (κ2) is 10.1. The number of carbonyl (C=O) groups is 1. The molecule has 4 aromatic rings. The average Bonchev–Trinajstić information content (AvgIpc) is 3.62. The van der Waals surface area contributed by atoms with Gasteiger partial charge in [-0.05, 0) is 18.9 Å².